The molecule has 0 aromatic carbocycles. The summed E-state index contributed by atoms with van der Waals surface area (Å²) in [4.78, 5) is 24.5. The molecule has 5 heteroatoms. The topological polar surface area (TPSA) is 52.6 Å². The summed E-state index contributed by atoms with van der Waals surface area (Å²) >= 11 is 0. The zero-order valence-electron chi connectivity index (χ0n) is 10.2. The minimum absolute atomic E-state index is 0.207. The number of halogens is 1. The maximum absolute atomic E-state index is 11.5. The van der Waals surface area contributed by atoms with Crippen LogP contribution in [0.2, 0.25) is 0 Å². The van der Waals surface area contributed by atoms with E-state index in [9.17, 15) is 14.1 Å². The van der Waals surface area contributed by atoms with Crippen molar-refractivity contribution in [2.45, 2.75) is 53.1 Å². The average molecular weight is 234 g/mol. The van der Waals surface area contributed by atoms with Crippen molar-refractivity contribution in [2.24, 2.45) is 5.41 Å². The molecule has 0 rings (SSSR count). The van der Waals surface area contributed by atoms with Gasteiger partial charge in [-0.1, -0.05) is 27.7 Å². The van der Waals surface area contributed by atoms with Gasteiger partial charge < -0.3 is 4.74 Å². The summed E-state index contributed by atoms with van der Waals surface area (Å²) in [5.74, 6) is -2.88. The molecule has 1 atom stereocenters. The highest BCUT2D eigenvalue weighted by Crippen LogP contribution is 2.33. The molecule has 0 spiro atoms. The lowest BCUT2D eigenvalue weighted by molar-refractivity contribution is -0.199. The monoisotopic (exact) mass is 234 g/mol. The molecule has 1 unspecified atom stereocenters. The number of rotatable bonds is 5. The number of ether oxygens (including phenoxy) is 1. The summed E-state index contributed by atoms with van der Waals surface area (Å²) in [6.07, 6.45) is 1.78. The van der Waals surface area contributed by atoms with Gasteiger partial charge in [0, 0.05) is 9.94 Å². The molecule has 0 aliphatic carbocycles. The van der Waals surface area contributed by atoms with Crippen LogP contribution >= 0.6 is 0 Å². The molecule has 0 aromatic heterocycles. The average Bonchev–Trinajstić information content (AvgIpc) is 2.33. The largest absolute Gasteiger partial charge is 0.456 e. The molecule has 0 aliphatic rings. The van der Waals surface area contributed by atoms with Crippen molar-refractivity contribution in [3.63, 3.8) is 0 Å². The minimum atomic E-state index is -1.60. The Hall–Kier alpha value is -1.13. The van der Waals surface area contributed by atoms with Gasteiger partial charge in [0.05, 0.1) is 0 Å². The van der Waals surface area contributed by atoms with Crippen LogP contribution in [0.25, 0.3) is 0 Å². The molecule has 0 fully saturated rings. The Balaban J connectivity index is 4.63. The molecular formula is C11H19FO4. The minimum Gasteiger partial charge on any atom is -0.453 e. The number of hydrogen-bond acceptors (Lipinski definition) is 4. The van der Waals surface area contributed by atoms with Crippen LogP contribution in [0, 0.1) is 5.41 Å². The van der Waals surface area contributed by atoms with Crippen LogP contribution in [-0.4, -0.2) is 18.0 Å². The fourth-order valence-electron chi connectivity index (χ4n) is 1.63. The standard InChI is InChI=1S/C11H19FO4/c1-5-8(11(4,6-2)7-3)15-9(13)10(14)16-12/h8H,5-7H2,1-4H3. The van der Waals surface area contributed by atoms with E-state index in [1.54, 1.807) is 0 Å². The highest BCUT2D eigenvalue weighted by Gasteiger charge is 2.34. The van der Waals surface area contributed by atoms with Gasteiger partial charge in [0.1, 0.15) is 6.10 Å². The first kappa shape index (κ1) is 14.9. The third-order valence-corrected chi connectivity index (χ3v) is 3.25. The van der Waals surface area contributed by atoms with Gasteiger partial charge in [-0.3, -0.25) is 0 Å². The number of carbonyl (C=O) groups is 2. The van der Waals surface area contributed by atoms with E-state index in [1.807, 2.05) is 27.7 Å². The second kappa shape index (κ2) is 6.45. The van der Waals surface area contributed by atoms with Gasteiger partial charge in [0.15, 0.2) is 0 Å². The Kier molecular flexibility index (Phi) is 6.00. The predicted octanol–water partition coefficient (Wildman–Crippen LogP) is 2.56. The smallest absolute Gasteiger partial charge is 0.453 e. The van der Waals surface area contributed by atoms with Crippen LogP contribution in [0.1, 0.15) is 47.0 Å². The van der Waals surface area contributed by atoms with Crippen LogP contribution in [0.15, 0.2) is 0 Å². The molecule has 0 radical (unpaired) electrons. The summed E-state index contributed by atoms with van der Waals surface area (Å²) in [6.45, 7) is 7.78. The second-order valence-corrected chi connectivity index (χ2v) is 4.03. The fraction of sp³-hybridized carbons (Fsp3) is 0.818. The molecule has 0 heterocycles. The Morgan fingerprint density at radius 3 is 2.00 bits per heavy atom. The first-order valence-electron chi connectivity index (χ1n) is 5.48. The first-order valence-corrected chi connectivity index (χ1v) is 5.48. The van der Waals surface area contributed by atoms with E-state index in [0.29, 0.717) is 6.42 Å². The van der Waals surface area contributed by atoms with E-state index in [4.69, 9.17) is 4.74 Å². The van der Waals surface area contributed by atoms with Crippen LogP contribution in [0.5, 0.6) is 0 Å². The molecule has 0 aromatic rings. The highest BCUT2D eigenvalue weighted by atomic mass is 19.3. The molecule has 94 valence electrons. The second-order valence-electron chi connectivity index (χ2n) is 4.03. The van der Waals surface area contributed by atoms with Crippen molar-refractivity contribution < 1.29 is 23.8 Å². The Morgan fingerprint density at radius 1 is 1.19 bits per heavy atom. The van der Waals surface area contributed by atoms with Gasteiger partial charge in [-0.2, -0.15) is 0 Å². The molecule has 0 aliphatic heterocycles. The quantitative estimate of drug-likeness (QED) is 0.542. The summed E-state index contributed by atoms with van der Waals surface area (Å²) in [7, 11) is 0. The molecule has 0 saturated heterocycles. The normalized spacial score (nSPS) is 13.1. The van der Waals surface area contributed by atoms with Gasteiger partial charge >= 0.3 is 11.9 Å². The van der Waals surface area contributed by atoms with Crippen LogP contribution < -0.4 is 0 Å². The van der Waals surface area contributed by atoms with Crippen molar-refractivity contribution in [3.8, 4) is 0 Å². The summed E-state index contributed by atoms with van der Waals surface area (Å²) in [5, 5.41) is 0. The van der Waals surface area contributed by atoms with E-state index in [-0.39, 0.29) is 5.41 Å². The molecule has 16 heavy (non-hydrogen) atoms. The van der Waals surface area contributed by atoms with E-state index in [1.165, 1.54) is 0 Å². The number of esters is 1. The van der Waals surface area contributed by atoms with Crippen molar-refractivity contribution in [1.82, 2.24) is 0 Å². The van der Waals surface area contributed by atoms with Gasteiger partial charge in [-0.25, -0.2) is 14.5 Å². The Bertz CT molecular complexity index is 248. The highest BCUT2D eigenvalue weighted by molar-refractivity contribution is 6.29. The molecule has 0 amide bonds. The van der Waals surface area contributed by atoms with Crippen molar-refractivity contribution in [3.05, 3.63) is 0 Å². The van der Waals surface area contributed by atoms with Crippen LogP contribution in [0.4, 0.5) is 4.53 Å². The Morgan fingerprint density at radius 2 is 1.69 bits per heavy atom. The molecule has 0 N–H and O–H groups in total. The van der Waals surface area contributed by atoms with Crippen LogP contribution in [-0.2, 0) is 19.3 Å². The van der Waals surface area contributed by atoms with Gasteiger partial charge in [0.2, 0.25) is 0 Å². The lowest BCUT2D eigenvalue weighted by Crippen LogP contribution is -2.37. The molecule has 0 bridgehead atoms. The number of carbonyl (C=O) groups excluding carboxylic acids is 2. The van der Waals surface area contributed by atoms with E-state index < -0.39 is 18.0 Å². The third-order valence-electron chi connectivity index (χ3n) is 3.25. The predicted molar refractivity (Wildman–Crippen MR) is 56.1 cm³/mol. The summed E-state index contributed by atoms with van der Waals surface area (Å²) in [6, 6.07) is 0. The van der Waals surface area contributed by atoms with Crippen molar-refractivity contribution in [1.29, 1.82) is 0 Å². The maximum atomic E-state index is 11.5. The lowest BCUT2D eigenvalue weighted by Gasteiger charge is -2.34. The third kappa shape index (κ3) is 3.47. The molecule has 0 saturated carbocycles. The van der Waals surface area contributed by atoms with Gasteiger partial charge in [-0.15, -0.1) is 0 Å². The van der Waals surface area contributed by atoms with Crippen molar-refractivity contribution in [2.75, 3.05) is 0 Å². The van der Waals surface area contributed by atoms with Crippen molar-refractivity contribution >= 4 is 11.9 Å². The zero-order chi connectivity index (χ0) is 12.8. The number of hydrogen-bond donors (Lipinski definition) is 0. The van der Waals surface area contributed by atoms with Gasteiger partial charge in [-0.05, 0) is 19.3 Å². The maximum Gasteiger partial charge on any atom is 0.456 e. The van der Waals surface area contributed by atoms with Crippen LogP contribution in [0.3, 0.4) is 0 Å². The molecular weight excluding hydrogens is 215 g/mol. The molecule has 4 nitrogen and oxygen atoms in total. The van der Waals surface area contributed by atoms with E-state index in [2.05, 4.69) is 4.94 Å². The van der Waals surface area contributed by atoms with E-state index in [0.717, 1.165) is 12.8 Å². The fourth-order valence-corrected chi connectivity index (χ4v) is 1.63. The SMILES string of the molecule is CCC(OC(=O)C(=O)OF)C(C)(CC)CC. The summed E-state index contributed by atoms with van der Waals surface area (Å²) < 4.78 is 16.4. The van der Waals surface area contributed by atoms with Gasteiger partial charge in [0.25, 0.3) is 0 Å². The first-order chi connectivity index (χ1) is 7.45. The zero-order valence-corrected chi connectivity index (χ0v) is 10.2. The summed E-state index contributed by atoms with van der Waals surface area (Å²) in [5.41, 5.74) is -0.207. The Labute approximate surface area is 95.0 Å². The van der Waals surface area contributed by atoms with E-state index >= 15 is 0 Å². The lowest BCUT2D eigenvalue weighted by atomic mass is 9.78.